The highest BCUT2D eigenvalue weighted by atomic mass is 32.1. The molecule has 0 bridgehead atoms. The lowest BCUT2D eigenvalue weighted by Crippen LogP contribution is -1.98. The lowest BCUT2D eigenvalue weighted by atomic mass is 10.1. The van der Waals surface area contributed by atoms with Gasteiger partial charge in [0, 0.05) is 28.2 Å². The Morgan fingerprint density at radius 3 is 2.95 bits per heavy atom. The summed E-state index contributed by atoms with van der Waals surface area (Å²) in [5, 5.41) is 15.9. The number of aromatic nitrogens is 4. The first-order chi connectivity index (χ1) is 10.8. The van der Waals surface area contributed by atoms with E-state index in [0.717, 1.165) is 27.8 Å². The second-order valence-corrected chi connectivity index (χ2v) is 5.55. The molecule has 0 atom stereocenters. The first-order valence-corrected chi connectivity index (χ1v) is 7.60. The van der Waals surface area contributed by atoms with E-state index < -0.39 is 0 Å². The molecule has 4 N–H and O–H groups in total. The molecule has 0 aliphatic heterocycles. The average Bonchev–Trinajstić information content (AvgIpc) is 3.15. The number of H-pyrrole nitrogens is 1. The van der Waals surface area contributed by atoms with Crippen LogP contribution in [0.4, 0.5) is 17.5 Å². The quantitative estimate of drug-likeness (QED) is 0.539. The van der Waals surface area contributed by atoms with Gasteiger partial charge in [0.2, 0.25) is 5.95 Å². The second kappa shape index (κ2) is 5.12. The van der Waals surface area contributed by atoms with Gasteiger partial charge in [-0.25, -0.2) is 4.98 Å². The minimum Gasteiger partial charge on any atom is -0.368 e. The Morgan fingerprint density at radius 2 is 2.14 bits per heavy atom. The maximum Gasteiger partial charge on any atom is 0.221 e. The summed E-state index contributed by atoms with van der Waals surface area (Å²) < 4.78 is 0. The maximum atomic E-state index is 5.60. The van der Waals surface area contributed by atoms with E-state index in [9.17, 15) is 0 Å². The van der Waals surface area contributed by atoms with Crippen LogP contribution in [0.15, 0.2) is 47.3 Å². The molecular weight excluding hydrogens is 296 g/mol. The van der Waals surface area contributed by atoms with Crippen molar-refractivity contribution in [3.8, 4) is 11.3 Å². The number of rotatable bonds is 3. The normalized spacial score (nSPS) is 10.9. The van der Waals surface area contributed by atoms with Crippen molar-refractivity contribution in [2.45, 2.75) is 0 Å². The largest absolute Gasteiger partial charge is 0.368 e. The Hall–Kier alpha value is -2.93. The molecule has 22 heavy (non-hydrogen) atoms. The zero-order chi connectivity index (χ0) is 14.9. The number of nitrogen functional groups attached to an aromatic ring is 1. The van der Waals surface area contributed by atoms with Crippen LogP contribution in [0.3, 0.4) is 0 Å². The highest BCUT2D eigenvalue weighted by molar-refractivity contribution is 7.08. The van der Waals surface area contributed by atoms with Gasteiger partial charge in [0.1, 0.15) is 11.5 Å². The molecule has 4 aromatic rings. The SMILES string of the molecule is Nc1nccc(Nc2ccc3[nH]nc(-c4ccsc4)c3c2)n1. The summed E-state index contributed by atoms with van der Waals surface area (Å²) in [5.74, 6) is 0.903. The van der Waals surface area contributed by atoms with Crippen LogP contribution in [0.5, 0.6) is 0 Å². The molecule has 3 aromatic heterocycles. The Labute approximate surface area is 130 Å². The molecule has 1 aromatic carbocycles. The van der Waals surface area contributed by atoms with Crippen LogP contribution in [-0.4, -0.2) is 20.2 Å². The standard InChI is InChI=1S/C15H12N6S/c16-15-17-5-3-13(19-15)18-10-1-2-12-11(7-10)14(21-20-12)9-4-6-22-8-9/h1-8H,(H,20,21)(H3,16,17,18,19). The van der Waals surface area contributed by atoms with Crippen molar-refractivity contribution in [3.63, 3.8) is 0 Å². The first-order valence-electron chi connectivity index (χ1n) is 6.66. The van der Waals surface area contributed by atoms with Gasteiger partial charge >= 0.3 is 0 Å². The minimum absolute atomic E-state index is 0.244. The zero-order valence-corrected chi connectivity index (χ0v) is 12.3. The Bertz CT molecular complexity index is 928. The van der Waals surface area contributed by atoms with Gasteiger partial charge in [0.05, 0.1) is 5.52 Å². The number of thiophene rings is 1. The van der Waals surface area contributed by atoms with Crippen LogP contribution < -0.4 is 11.1 Å². The number of nitrogens with zero attached hydrogens (tertiary/aromatic N) is 3. The predicted octanol–water partition coefficient (Wildman–Crippen LogP) is 3.41. The van der Waals surface area contributed by atoms with E-state index in [2.05, 4.69) is 36.9 Å². The van der Waals surface area contributed by atoms with Gasteiger partial charge in [0.15, 0.2) is 0 Å². The Morgan fingerprint density at radius 1 is 1.18 bits per heavy atom. The summed E-state index contributed by atoms with van der Waals surface area (Å²) in [4.78, 5) is 8.03. The highest BCUT2D eigenvalue weighted by Crippen LogP contribution is 2.30. The number of nitrogens with two attached hydrogens (primary N) is 1. The van der Waals surface area contributed by atoms with E-state index in [1.807, 2.05) is 23.6 Å². The molecule has 0 amide bonds. The molecule has 0 aliphatic carbocycles. The lowest BCUT2D eigenvalue weighted by Gasteiger charge is -2.06. The number of fused-ring (bicyclic) bond motifs is 1. The van der Waals surface area contributed by atoms with Crippen molar-refractivity contribution < 1.29 is 0 Å². The topological polar surface area (TPSA) is 92.5 Å². The average molecular weight is 308 g/mol. The van der Waals surface area contributed by atoms with Crippen LogP contribution in [-0.2, 0) is 0 Å². The summed E-state index contributed by atoms with van der Waals surface area (Å²) in [6.07, 6.45) is 1.62. The summed E-state index contributed by atoms with van der Waals surface area (Å²) >= 11 is 1.65. The van der Waals surface area contributed by atoms with Crippen LogP contribution in [0.25, 0.3) is 22.2 Å². The number of hydrogen-bond acceptors (Lipinski definition) is 6. The maximum absolute atomic E-state index is 5.60. The van der Waals surface area contributed by atoms with E-state index in [1.54, 1.807) is 23.6 Å². The molecule has 0 radical (unpaired) electrons. The van der Waals surface area contributed by atoms with Gasteiger partial charge in [-0.3, -0.25) is 5.10 Å². The molecule has 0 unspecified atom stereocenters. The molecule has 0 aliphatic rings. The lowest BCUT2D eigenvalue weighted by molar-refractivity contribution is 1.12. The second-order valence-electron chi connectivity index (χ2n) is 4.77. The van der Waals surface area contributed by atoms with Crippen molar-refractivity contribution in [2.75, 3.05) is 11.1 Å². The summed E-state index contributed by atoms with van der Waals surface area (Å²) in [7, 11) is 0. The Balaban J connectivity index is 1.75. The third-order valence-electron chi connectivity index (χ3n) is 3.30. The van der Waals surface area contributed by atoms with Crippen LogP contribution >= 0.6 is 11.3 Å². The Kier molecular flexibility index (Phi) is 2.97. The van der Waals surface area contributed by atoms with Crippen LogP contribution in [0.1, 0.15) is 0 Å². The van der Waals surface area contributed by atoms with Gasteiger partial charge < -0.3 is 11.1 Å². The number of aromatic amines is 1. The van der Waals surface area contributed by atoms with Crippen molar-refractivity contribution in [3.05, 3.63) is 47.3 Å². The molecular formula is C15H12N6S. The van der Waals surface area contributed by atoms with E-state index in [4.69, 9.17) is 5.73 Å². The number of anilines is 3. The molecule has 7 heteroatoms. The van der Waals surface area contributed by atoms with Crippen molar-refractivity contribution in [1.29, 1.82) is 0 Å². The molecule has 4 rings (SSSR count). The number of hydrogen-bond donors (Lipinski definition) is 3. The van der Waals surface area contributed by atoms with Gasteiger partial charge in [-0.1, -0.05) is 0 Å². The van der Waals surface area contributed by atoms with Gasteiger partial charge in [-0.2, -0.15) is 21.4 Å². The monoisotopic (exact) mass is 308 g/mol. The van der Waals surface area contributed by atoms with E-state index in [0.29, 0.717) is 5.82 Å². The molecule has 108 valence electrons. The summed E-state index contributed by atoms with van der Waals surface area (Å²) in [6.45, 7) is 0. The van der Waals surface area contributed by atoms with Crippen LogP contribution in [0.2, 0.25) is 0 Å². The first kappa shape index (κ1) is 12.8. The highest BCUT2D eigenvalue weighted by Gasteiger charge is 2.09. The van der Waals surface area contributed by atoms with Gasteiger partial charge in [-0.15, -0.1) is 0 Å². The number of benzene rings is 1. The third kappa shape index (κ3) is 2.27. The fourth-order valence-corrected chi connectivity index (χ4v) is 2.94. The molecule has 3 heterocycles. The predicted molar refractivity (Wildman–Crippen MR) is 89.1 cm³/mol. The fraction of sp³-hybridized carbons (Fsp3) is 0. The summed E-state index contributed by atoms with van der Waals surface area (Å²) in [5.41, 5.74) is 9.57. The number of nitrogens with one attached hydrogen (secondary N) is 2. The minimum atomic E-state index is 0.244. The van der Waals surface area contributed by atoms with Crippen LogP contribution in [0, 0.1) is 0 Å². The van der Waals surface area contributed by atoms with E-state index in [1.165, 1.54) is 0 Å². The van der Waals surface area contributed by atoms with Gasteiger partial charge in [0.25, 0.3) is 0 Å². The molecule has 0 spiro atoms. The molecule has 0 saturated heterocycles. The molecule has 6 nitrogen and oxygen atoms in total. The van der Waals surface area contributed by atoms with Crippen molar-refractivity contribution in [1.82, 2.24) is 20.2 Å². The molecule has 0 fully saturated rings. The van der Waals surface area contributed by atoms with E-state index in [-0.39, 0.29) is 5.95 Å². The third-order valence-corrected chi connectivity index (χ3v) is 3.99. The smallest absolute Gasteiger partial charge is 0.221 e. The van der Waals surface area contributed by atoms with Crippen molar-refractivity contribution in [2.24, 2.45) is 0 Å². The molecule has 0 saturated carbocycles. The summed E-state index contributed by atoms with van der Waals surface area (Å²) in [6, 6.07) is 9.84. The fourth-order valence-electron chi connectivity index (χ4n) is 2.30. The van der Waals surface area contributed by atoms with Gasteiger partial charge in [-0.05, 0) is 35.7 Å². The van der Waals surface area contributed by atoms with Crippen molar-refractivity contribution >= 4 is 39.7 Å². The van der Waals surface area contributed by atoms with E-state index >= 15 is 0 Å². The zero-order valence-electron chi connectivity index (χ0n) is 11.4.